The Hall–Kier alpha value is -1.10. The van der Waals surface area contributed by atoms with Crippen LogP contribution in [0, 0.1) is 0 Å². The Labute approximate surface area is 138 Å². The number of hydrogen-bond donors (Lipinski definition) is 1. The van der Waals surface area contributed by atoms with Gasteiger partial charge in [0.25, 0.3) is 0 Å². The van der Waals surface area contributed by atoms with E-state index >= 15 is 0 Å². The number of nitrogens with zero attached hydrogens (tertiary/aromatic N) is 2. The summed E-state index contributed by atoms with van der Waals surface area (Å²) in [6, 6.07) is 7.99. The van der Waals surface area contributed by atoms with Crippen LogP contribution in [0.25, 0.3) is 0 Å². The van der Waals surface area contributed by atoms with Crippen LogP contribution in [-0.2, 0) is 4.79 Å². The number of rotatable bonds is 5. The van der Waals surface area contributed by atoms with Crippen molar-refractivity contribution in [3.63, 3.8) is 0 Å². The number of piperazine rings is 1. The van der Waals surface area contributed by atoms with Gasteiger partial charge in [-0.3, -0.25) is 9.69 Å². The topological polar surface area (TPSA) is 49.6 Å². The van der Waals surface area contributed by atoms with E-state index in [1.54, 1.807) is 0 Å². The molecule has 1 aliphatic heterocycles. The first kappa shape index (κ1) is 17.3. The molecular formula is C17H26ClN3O. The van der Waals surface area contributed by atoms with E-state index in [0.717, 1.165) is 44.0 Å². The second kappa shape index (κ2) is 7.95. The number of halogens is 1. The molecule has 1 fully saturated rings. The molecular weight excluding hydrogens is 298 g/mol. The Balaban J connectivity index is 1.89. The highest BCUT2D eigenvalue weighted by Gasteiger charge is 2.27. The maximum Gasteiger partial charge on any atom is 0.239 e. The van der Waals surface area contributed by atoms with E-state index in [0.29, 0.717) is 6.04 Å². The van der Waals surface area contributed by atoms with Gasteiger partial charge in [-0.15, -0.1) is 0 Å². The molecule has 1 aliphatic rings. The van der Waals surface area contributed by atoms with Gasteiger partial charge in [0, 0.05) is 37.2 Å². The van der Waals surface area contributed by atoms with Gasteiger partial charge >= 0.3 is 0 Å². The monoisotopic (exact) mass is 323 g/mol. The van der Waals surface area contributed by atoms with Crippen LogP contribution in [0.3, 0.4) is 0 Å². The Morgan fingerprint density at radius 3 is 2.36 bits per heavy atom. The summed E-state index contributed by atoms with van der Waals surface area (Å²) in [6.07, 6.45) is 1.71. The Kier molecular flexibility index (Phi) is 6.24. The highest BCUT2D eigenvalue weighted by atomic mass is 35.5. The summed E-state index contributed by atoms with van der Waals surface area (Å²) in [5.74, 6) is 0.0978. The van der Waals surface area contributed by atoms with E-state index in [1.807, 2.05) is 17.0 Å². The molecule has 1 aromatic rings. The van der Waals surface area contributed by atoms with Crippen molar-refractivity contribution in [2.45, 2.75) is 38.8 Å². The first-order valence-corrected chi connectivity index (χ1v) is 8.44. The summed E-state index contributed by atoms with van der Waals surface area (Å²) in [4.78, 5) is 16.5. The third kappa shape index (κ3) is 4.22. The van der Waals surface area contributed by atoms with Gasteiger partial charge in [-0.2, -0.15) is 0 Å². The zero-order valence-corrected chi connectivity index (χ0v) is 14.2. The van der Waals surface area contributed by atoms with Gasteiger partial charge in [-0.1, -0.05) is 37.1 Å². The number of benzene rings is 1. The molecule has 2 unspecified atom stereocenters. The summed E-state index contributed by atoms with van der Waals surface area (Å²) >= 11 is 5.94. The smallest absolute Gasteiger partial charge is 0.239 e. The van der Waals surface area contributed by atoms with Crippen molar-refractivity contribution < 1.29 is 4.79 Å². The van der Waals surface area contributed by atoms with Crippen molar-refractivity contribution in [1.82, 2.24) is 9.80 Å². The molecule has 1 amide bonds. The molecule has 0 saturated carbocycles. The minimum atomic E-state index is -0.342. The van der Waals surface area contributed by atoms with E-state index in [4.69, 9.17) is 17.3 Å². The molecule has 0 radical (unpaired) electrons. The van der Waals surface area contributed by atoms with Crippen molar-refractivity contribution in [2.24, 2.45) is 5.73 Å². The van der Waals surface area contributed by atoms with Crippen molar-refractivity contribution in [3.8, 4) is 0 Å². The highest BCUT2D eigenvalue weighted by Crippen LogP contribution is 2.23. The van der Waals surface area contributed by atoms with E-state index < -0.39 is 0 Å². The molecule has 0 aliphatic carbocycles. The summed E-state index contributed by atoms with van der Waals surface area (Å²) in [6.45, 7) is 7.54. The third-order valence-corrected chi connectivity index (χ3v) is 4.69. The van der Waals surface area contributed by atoms with Crippen LogP contribution >= 0.6 is 11.6 Å². The minimum Gasteiger partial charge on any atom is -0.339 e. The summed E-state index contributed by atoms with van der Waals surface area (Å²) < 4.78 is 0. The number of hydrogen-bond acceptors (Lipinski definition) is 3. The van der Waals surface area contributed by atoms with Crippen molar-refractivity contribution in [3.05, 3.63) is 34.9 Å². The van der Waals surface area contributed by atoms with Crippen LogP contribution in [0.5, 0.6) is 0 Å². The van der Waals surface area contributed by atoms with Gasteiger partial charge in [0.2, 0.25) is 5.91 Å². The average molecular weight is 324 g/mol. The van der Waals surface area contributed by atoms with Crippen LogP contribution in [0.2, 0.25) is 5.02 Å². The maximum absolute atomic E-state index is 12.2. The highest BCUT2D eigenvalue weighted by molar-refractivity contribution is 6.30. The van der Waals surface area contributed by atoms with E-state index in [9.17, 15) is 4.79 Å². The van der Waals surface area contributed by atoms with Gasteiger partial charge in [0.05, 0.1) is 6.04 Å². The summed E-state index contributed by atoms with van der Waals surface area (Å²) in [7, 11) is 0. The molecule has 2 atom stereocenters. The summed E-state index contributed by atoms with van der Waals surface area (Å²) in [5.41, 5.74) is 7.20. The standard InChI is InChI=1S/C17H26ClN3O/c1-3-4-16(19)17(22)21-11-9-20(10-12-21)13(2)14-5-7-15(18)8-6-14/h5-8,13,16H,3-4,9-12,19H2,1-2H3. The van der Waals surface area contributed by atoms with Gasteiger partial charge in [0.15, 0.2) is 0 Å². The lowest BCUT2D eigenvalue weighted by Gasteiger charge is -2.39. The lowest BCUT2D eigenvalue weighted by atomic mass is 10.1. The lowest BCUT2D eigenvalue weighted by molar-refractivity contribution is -0.134. The second-order valence-corrected chi connectivity index (χ2v) is 6.42. The Morgan fingerprint density at radius 2 is 1.82 bits per heavy atom. The molecule has 22 heavy (non-hydrogen) atoms. The molecule has 0 spiro atoms. The van der Waals surface area contributed by atoms with E-state index in [1.165, 1.54) is 5.56 Å². The van der Waals surface area contributed by atoms with Crippen molar-refractivity contribution in [1.29, 1.82) is 0 Å². The van der Waals surface area contributed by atoms with Crippen LogP contribution in [0.4, 0.5) is 0 Å². The molecule has 1 aromatic carbocycles. The predicted molar refractivity (Wildman–Crippen MR) is 90.9 cm³/mol. The van der Waals surface area contributed by atoms with Crippen LogP contribution in [-0.4, -0.2) is 47.9 Å². The van der Waals surface area contributed by atoms with Crippen LogP contribution < -0.4 is 5.73 Å². The normalized spacial score (nSPS) is 19.0. The lowest BCUT2D eigenvalue weighted by Crippen LogP contribution is -2.53. The van der Waals surface area contributed by atoms with Gasteiger partial charge in [-0.25, -0.2) is 0 Å². The zero-order chi connectivity index (χ0) is 16.1. The number of carbonyl (C=O) groups is 1. The van der Waals surface area contributed by atoms with Crippen molar-refractivity contribution in [2.75, 3.05) is 26.2 Å². The molecule has 5 heteroatoms. The fourth-order valence-corrected chi connectivity index (χ4v) is 3.08. The molecule has 1 heterocycles. The molecule has 1 saturated heterocycles. The third-order valence-electron chi connectivity index (χ3n) is 4.44. The predicted octanol–water partition coefficient (Wildman–Crippen LogP) is 2.67. The fourth-order valence-electron chi connectivity index (χ4n) is 2.95. The van der Waals surface area contributed by atoms with Gasteiger partial charge in [0.1, 0.15) is 0 Å². The first-order chi connectivity index (χ1) is 10.5. The van der Waals surface area contributed by atoms with E-state index in [-0.39, 0.29) is 11.9 Å². The molecule has 2 N–H and O–H groups in total. The SMILES string of the molecule is CCCC(N)C(=O)N1CCN(C(C)c2ccc(Cl)cc2)CC1. The second-order valence-electron chi connectivity index (χ2n) is 5.98. The first-order valence-electron chi connectivity index (χ1n) is 8.06. The van der Waals surface area contributed by atoms with Crippen molar-refractivity contribution >= 4 is 17.5 Å². The molecule has 122 valence electrons. The van der Waals surface area contributed by atoms with Crippen LogP contribution in [0.1, 0.15) is 38.3 Å². The number of nitrogens with two attached hydrogens (primary N) is 1. The quantitative estimate of drug-likeness (QED) is 0.906. The zero-order valence-electron chi connectivity index (χ0n) is 13.5. The average Bonchev–Trinajstić information content (AvgIpc) is 2.54. The molecule has 2 rings (SSSR count). The van der Waals surface area contributed by atoms with E-state index in [2.05, 4.69) is 30.9 Å². The largest absolute Gasteiger partial charge is 0.339 e. The Morgan fingerprint density at radius 1 is 1.23 bits per heavy atom. The molecule has 0 aromatic heterocycles. The fraction of sp³-hybridized carbons (Fsp3) is 0.588. The van der Waals surface area contributed by atoms with Gasteiger partial charge < -0.3 is 10.6 Å². The Bertz CT molecular complexity index is 483. The minimum absolute atomic E-state index is 0.0978. The maximum atomic E-state index is 12.2. The number of carbonyl (C=O) groups excluding carboxylic acids is 1. The van der Waals surface area contributed by atoms with Crippen LogP contribution in [0.15, 0.2) is 24.3 Å². The molecule has 0 bridgehead atoms. The number of amides is 1. The molecule has 4 nitrogen and oxygen atoms in total. The summed E-state index contributed by atoms with van der Waals surface area (Å²) in [5, 5.41) is 0.760. The van der Waals surface area contributed by atoms with Gasteiger partial charge in [-0.05, 0) is 31.0 Å².